The summed E-state index contributed by atoms with van der Waals surface area (Å²) < 4.78 is 0.402. The van der Waals surface area contributed by atoms with Gasteiger partial charge in [0, 0.05) is 29.6 Å². The number of para-hydroxylation sites is 2. The van der Waals surface area contributed by atoms with Gasteiger partial charge in [0.25, 0.3) is 11.6 Å². The van der Waals surface area contributed by atoms with E-state index in [0.29, 0.717) is 9.50 Å². The lowest BCUT2D eigenvalue weighted by atomic mass is 10.1. The third kappa shape index (κ3) is 3.66. The Hall–Kier alpha value is -2.31. The normalized spacial score (nSPS) is 11.5. The number of hydrogen-bond acceptors (Lipinski definition) is 4. The van der Waals surface area contributed by atoms with Crippen LogP contribution in [0.4, 0.5) is 11.4 Å². The number of halogens is 2. The zero-order chi connectivity index (χ0) is 16.1. The summed E-state index contributed by atoms with van der Waals surface area (Å²) in [6, 6.07) is 13.7. The first-order chi connectivity index (χ1) is 10.5. The molecule has 8 heteroatoms. The lowest BCUT2D eigenvalue weighted by molar-refractivity contribution is -0.384. The van der Waals surface area contributed by atoms with Gasteiger partial charge < -0.3 is 5.32 Å². The molecule has 22 heavy (non-hydrogen) atoms. The molecule has 6 nitrogen and oxygen atoms in total. The molecule has 0 fully saturated rings. The highest BCUT2D eigenvalue weighted by Gasteiger charge is 2.26. The summed E-state index contributed by atoms with van der Waals surface area (Å²) in [6.07, 6.45) is 0. The van der Waals surface area contributed by atoms with Gasteiger partial charge in [0.1, 0.15) is 11.7 Å². The summed E-state index contributed by atoms with van der Waals surface area (Å²) in [5.41, 5.74) is 0.633. The molecule has 0 saturated heterocycles. The lowest BCUT2D eigenvalue weighted by Gasteiger charge is -2.20. The first-order valence-corrected chi connectivity index (χ1v) is 6.88. The first kappa shape index (κ1) is 16.1. The summed E-state index contributed by atoms with van der Waals surface area (Å²) in [6.45, 7) is 0. The van der Waals surface area contributed by atoms with Crippen LogP contribution in [0, 0.1) is 10.1 Å². The Morgan fingerprint density at radius 3 is 2.27 bits per heavy atom. The fourth-order valence-corrected chi connectivity index (χ4v) is 2.14. The summed E-state index contributed by atoms with van der Waals surface area (Å²) in [5.74, 6) is -0.646. The smallest absolute Gasteiger partial charge is 0.292 e. The van der Waals surface area contributed by atoms with E-state index in [4.69, 9.17) is 23.6 Å². The Morgan fingerprint density at radius 2 is 1.68 bits per heavy atom. The van der Waals surface area contributed by atoms with Gasteiger partial charge in [0.15, 0.2) is 0 Å². The third-order valence-corrected chi connectivity index (χ3v) is 3.28. The third-order valence-electron chi connectivity index (χ3n) is 2.95. The maximum absolute atomic E-state index is 12.2. The van der Waals surface area contributed by atoms with E-state index < -0.39 is 16.9 Å². The molecule has 1 N–H and O–H groups in total. The molecular weight excluding hydrogens is 329 g/mol. The maximum atomic E-state index is 12.2. The van der Waals surface area contributed by atoms with Crippen molar-refractivity contribution in [3.8, 4) is 0 Å². The number of nitro benzene ring substituents is 1. The second-order valence-electron chi connectivity index (χ2n) is 4.33. The Labute approximate surface area is 136 Å². The van der Waals surface area contributed by atoms with Crippen LogP contribution in [-0.4, -0.2) is 14.8 Å². The SMILES string of the molecule is O=C(C(Nc1ccccc1[N+](=O)[O-])c1ccccc1)N(Cl)Cl. The van der Waals surface area contributed by atoms with Gasteiger partial charge >= 0.3 is 0 Å². The Morgan fingerprint density at radius 1 is 1.09 bits per heavy atom. The van der Waals surface area contributed by atoms with Gasteiger partial charge in [-0.15, -0.1) is 0 Å². The van der Waals surface area contributed by atoms with Crippen molar-refractivity contribution in [3.05, 3.63) is 70.3 Å². The number of amides is 1. The number of carbonyl (C=O) groups is 1. The Balaban J connectivity index is 2.40. The van der Waals surface area contributed by atoms with Crippen LogP contribution in [0.3, 0.4) is 0 Å². The average molecular weight is 340 g/mol. The van der Waals surface area contributed by atoms with Crippen molar-refractivity contribution >= 4 is 40.8 Å². The van der Waals surface area contributed by atoms with Crippen molar-refractivity contribution in [1.82, 2.24) is 3.94 Å². The largest absolute Gasteiger partial charge is 0.364 e. The zero-order valence-corrected chi connectivity index (χ0v) is 12.7. The molecule has 1 atom stereocenters. The number of rotatable bonds is 5. The predicted octanol–water partition coefficient (Wildman–Crippen LogP) is 3.88. The topological polar surface area (TPSA) is 75.5 Å². The number of nitrogens with zero attached hydrogens (tertiary/aromatic N) is 2. The summed E-state index contributed by atoms with van der Waals surface area (Å²) in [4.78, 5) is 22.7. The van der Waals surface area contributed by atoms with Crippen LogP contribution in [0.1, 0.15) is 11.6 Å². The summed E-state index contributed by atoms with van der Waals surface area (Å²) in [5, 5.41) is 13.9. The summed E-state index contributed by atoms with van der Waals surface area (Å²) >= 11 is 11.0. The van der Waals surface area contributed by atoms with E-state index in [0.717, 1.165) is 0 Å². The molecule has 114 valence electrons. The number of benzene rings is 2. The second kappa shape index (κ2) is 7.11. The van der Waals surface area contributed by atoms with E-state index in [9.17, 15) is 14.9 Å². The molecule has 0 heterocycles. The molecule has 0 saturated carbocycles. The van der Waals surface area contributed by atoms with E-state index in [-0.39, 0.29) is 11.4 Å². The standard InChI is InChI=1S/C14H11Cl2N3O3/c15-18(16)14(20)13(10-6-2-1-3-7-10)17-11-8-4-5-9-12(11)19(21)22/h1-9,13,17H. The van der Waals surface area contributed by atoms with Gasteiger partial charge in [-0.25, -0.2) is 0 Å². The molecule has 2 rings (SSSR count). The van der Waals surface area contributed by atoms with Crippen LogP contribution >= 0.6 is 23.6 Å². The molecular formula is C14H11Cl2N3O3. The van der Waals surface area contributed by atoms with Crippen LogP contribution in [0.15, 0.2) is 54.6 Å². The van der Waals surface area contributed by atoms with Crippen LogP contribution in [0.5, 0.6) is 0 Å². The number of hydrogen-bond donors (Lipinski definition) is 1. The fraction of sp³-hybridized carbons (Fsp3) is 0.0714. The molecule has 1 unspecified atom stereocenters. The molecule has 2 aromatic carbocycles. The highest BCUT2D eigenvalue weighted by Crippen LogP contribution is 2.29. The van der Waals surface area contributed by atoms with Crippen molar-refractivity contribution in [2.45, 2.75) is 6.04 Å². The van der Waals surface area contributed by atoms with Crippen molar-refractivity contribution in [2.75, 3.05) is 5.32 Å². The molecule has 0 aromatic heterocycles. The van der Waals surface area contributed by atoms with Crippen molar-refractivity contribution < 1.29 is 9.72 Å². The van der Waals surface area contributed by atoms with Gasteiger partial charge in [-0.05, 0) is 11.6 Å². The number of nitrogens with one attached hydrogen (secondary N) is 1. The molecule has 0 aliphatic carbocycles. The molecule has 0 spiro atoms. The van der Waals surface area contributed by atoms with E-state index >= 15 is 0 Å². The monoisotopic (exact) mass is 339 g/mol. The number of anilines is 1. The van der Waals surface area contributed by atoms with Crippen molar-refractivity contribution in [3.63, 3.8) is 0 Å². The Kier molecular flexibility index (Phi) is 5.19. The quantitative estimate of drug-likeness (QED) is 0.509. The van der Waals surface area contributed by atoms with Gasteiger partial charge in [-0.1, -0.05) is 42.5 Å². The van der Waals surface area contributed by atoms with Crippen LogP contribution in [0.2, 0.25) is 0 Å². The lowest BCUT2D eigenvalue weighted by Crippen LogP contribution is -2.27. The number of carbonyl (C=O) groups excluding carboxylic acids is 1. The van der Waals surface area contributed by atoms with Gasteiger partial charge in [-0.3, -0.25) is 14.9 Å². The molecule has 0 bridgehead atoms. The van der Waals surface area contributed by atoms with E-state index in [1.165, 1.54) is 18.2 Å². The Bertz CT molecular complexity index is 680. The highest BCUT2D eigenvalue weighted by molar-refractivity contribution is 6.42. The van der Waals surface area contributed by atoms with E-state index in [1.807, 2.05) is 0 Å². The van der Waals surface area contributed by atoms with Crippen LogP contribution < -0.4 is 5.32 Å². The fourth-order valence-electron chi connectivity index (χ4n) is 1.94. The van der Waals surface area contributed by atoms with Crippen molar-refractivity contribution in [1.29, 1.82) is 0 Å². The molecule has 0 aliphatic rings. The predicted molar refractivity (Wildman–Crippen MR) is 84.5 cm³/mol. The molecule has 0 aliphatic heterocycles. The minimum atomic E-state index is -0.947. The van der Waals surface area contributed by atoms with Crippen LogP contribution in [-0.2, 0) is 4.79 Å². The summed E-state index contributed by atoms with van der Waals surface area (Å²) in [7, 11) is 0. The zero-order valence-electron chi connectivity index (χ0n) is 11.1. The minimum Gasteiger partial charge on any atom is -0.364 e. The first-order valence-electron chi connectivity index (χ1n) is 6.21. The minimum absolute atomic E-state index is 0.146. The van der Waals surface area contributed by atoms with Gasteiger partial charge in [0.05, 0.1) is 4.92 Å². The van der Waals surface area contributed by atoms with Crippen molar-refractivity contribution in [2.24, 2.45) is 0 Å². The number of nitro groups is 1. The molecule has 0 radical (unpaired) electrons. The average Bonchev–Trinajstić information content (AvgIpc) is 2.53. The maximum Gasteiger partial charge on any atom is 0.292 e. The van der Waals surface area contributed by atoms with E-state index in [2.05, 4.69) is 5.32 Å². The highest BCUT2D eigenvalue weighted by atomic mass is 35.5. The van der Waals surface area contributed by atoms with E-state index in [1.54, 1.807) is 36.4 Å². The van der Waals surface area contributed by atoms with Gasteiger partial charge in [-0.2, -0.15) is 3.94 Å². The second-order valence-corrected chi connectivity index (χ2v) is 5.18. The molecule has 2 aromatic rings. The van der Waals surface area contributed by atoms with Gasteiger partial charge in [0.2, 0.25) is 0 Å². The molecule has 1 amide bonds. The van der Waals surface area contributed by atoms with Crippen LogP contribution in [0.25, 0.3) is 0 Å².